The fourth-order valence-electron chi connectivity index (χ4n) is 4.98. The molecule has 1 N–H and O–H groups in total. The fourth-order valence-corrected chi connectivity index (χ4v) is 5.90. The van der Waals surface area contributed by atoms with Crippen LogP contribution in [0.2, 0.25) is 0 Å². The number of aromatic nitrogens is 4. The van der Waals surface area contributed by atoms with Crippen LogP contribution in [0.25, 0.3) is 22.3 Å². The number of anilines is 1. The maximum atomic E-state index is 13.4. The molecule has 2 unspecified atom stereocenters. The average Bonchev–Trinajstić information content (AvgIpc) is 3.66. The molecule has 1 amide bonds. The highest BCUT2D eigenvalue weighted by molar-refractivity contribution is 8.00. The largest absolute Gasteiger partial charge is 0.376 e. The molecule has 2 aromatic carbocycles. The van der Waals surface area contributed by atoms with Crippen molar-refractivity contribution in [1.29, 1.82) is 0 Å². The third kappa shape index (κ3) is 3.80. The molecule has 2 aliphatic heterocycles. The quantitative estimate of drug-likeness (QED) is 0.412. The molecular formula is C26H27N5O2S. The summed E-state index contributed by atoms with van der Waals surface area (Å²) in [6.07, 6.45) is 5.12. The van der Waals surface area contributed by atoms with Gasteiger partial charge in [0.1, 0.15) is 0 Å². The van der Waals surface area contributed by atoms with Gasteiger partial charge < -0.3 is 14.6 Å². The highest BCUT2D eigenvalue weighted by atomic mass is 32.2. The van der Waals surface area contributed by atoms with Gasteiger partial charge in [-0.2, -0.15) is 0 Å². The van der Waals surface area contributed by atoms with Crippen LogP contribution < -0.4 is 4.90 Å². The number of para-hydroxylation sites is 2. The number of rotatable bonds is 6. The monoisotopic (exact) mass is 473 g/mol. The van der Waals surface area contributed by atoms with Crippen LogP contribution in [0.1, 0.15) is 25.3 Å². The van der Waals surface area contributed by atoms with Crippen molar-refractivity contribution in [3.8, 4) is 11.4 Å². The minimum atomic E-state index is -0.283. The second-order valence-corrected chi connectivity index (χ2v) is 10.2. The Morgan fingerprint density at radius 3 is 2.94 bits per heavy atom. The molecule has 0 spiro atoms. The highest BCUT2D eigenvalue weighted by Crippen LogP contribution is 2.34. The van der Waals surface area contributed by atoms with E-state index in [-0.39, 0.29) is 17.3 Å². The average molecular weight is 474 g/mol. The molecule has 0 aliphatic carbocycles. The number of nitrogens with one attached hydrogen (secondary N) is 1. The number of ether oxygens (including phenoxy) is 1. The summed E-state index contributed by atoms with van der Waals surface area (Å²) in [5.74, 6) is 0.914. The predicted molar refractivity (Wildman–Crippen MR) is 134 cm³/mol. The lowest BCUT2D eigenvalue weighted by atomic mass is 10.1. The van der Waals surface area contributed by atoms with Gasteiger partial charge in [0.25, 0.3) is 0 Å². The molecule has 4 heterocycles. The topological polar surface area (TPSA) is 76.0 Å². The zero-order valence-electron chi connectivity index (χ0n) is 19.1. The van der Waals surface area contributed by atoms with Crippen LogP contribution in [0.4, 0.5) is 5.69 Å². The first-order valence-electron chi connectivity index (χ1n) is 11.9. The first kappa shape index (κ1) is 21.4. The summed E-state index contributed by atoms with van der Waals surface area (Å²) in [4.78, 5) is 18.6. The zero-order chi connectivity index (χ0) is 23.1. The number of nitrogens with zero attached hydrogens (tertiary/aromatic N) is 4. The maximum absolute atomic E-state index is 13.4. The predicted octanol–water partition coefficient (Wildman–Crippen LogP) is 4.68. The summed E-state index contributed by atoms with van der Waals surface area (Å²) in [5.41, 5.74) is 4.34. The van der Waals surface area contributed by atoms with E-state index in [1.807, 2.05) is 48.4 Å². The molecule has 7 nitrogen and oxygen atoms in total. The SMILES string of the molecule is CC(Sc1nnc(-c2c[nH]c3ccccc23)n1CC1CCCO1)C(=O)N1CCc2ccccc21. The number of carbonyl (C=O) groups is 1. The molecule has 6 rings (SSSR count). The molecule has 8 heteroatoms. The van der Waals surface area contributed by atoms with Crippen LogP contribution in [0.5, 0.6) is 0 Å². The Balaban J connectivity index is 1.31. The second kappa shape index (κ2) is 8.92. The zero-order valence-corrected chi connectivity index (χ0v) is 19.9. The van der Waals surface area contributed by atoms with E-state index in [2.05, 4.69) is 37.9 Å². The van der Waals surface area contributed by atoms with E-state index < -0.39 is 0 Å². The molecule has 34 heavy (non-hydrogen) atoms. The summed E-state index contributed by atoms with van der Waals surface area (Å²) in [5, 5.41) is 10.7. The molecule has 174 valence electrons. The number of H-pyrrole nitrogens is 1. The molecule has 0 saturated carbocycles. The molecule has 0 bridgehead atoms. The third-order valence-corrected chi connectivity index (χ3v) is 7.81. The first-order chi connectivity index (χ1) is 16.7. The van der Waals surface area contributed by atoms with Gasteiger partial charge in [-0.05, 0) is 43.9 Å². The number of carbonyl (C=O) groups excluding carboxylic acids is 1. The second-order valence-electron chi connectivity index (χ2n) is 8.93. The molecular weight excluding hydrogens is 446 g/mol. The van der Waals surface area contributed by atoms with Crippen molar-refractivity contribution < 1.29 is 9.53 Å². The lowest BCUT2D eigenvalue weighted by molar-refractivity contribution is -0.117. The minimum Gasteiger partial charge on any atom is -0.376 e. The summed E-state index contributed by atoms with van der Waals surface area (Å²) in [7, 11) is 0. The van der Waals surface area contributed by atoms with E-state index >= 15 is 0 Å². The van der Waals surface area contributed by atoms with E-state index in [0.29, 0.717) is 6.54 Å². The Morgan fingerprint density at radius 2 is 2.06 bits per heavy atom. The summed E-state index contributed by atoms with van der Waals surface area (Å²) in [6, 6.07) is 16.4. The fraction of sp³-hybridized carbons (Fsp3) is 0.346. The smallest absolute Gasteiger partial charge is 0.240 e. The molecule has 2 atom stereocenters. The van der Waals surface area contributed by atoms with Crippen LogP contribution >= 0.6 is 11.8 Å². The van der Waals surface area contributed by atoms with E-state index in [4.69, 9.17) is 4.74 Å². The molecule has 1 saturated heterocycles. The van der Waals surface area contributed by atoms with E-state index in [9.17, 15) is 4.79 Å². The summed E-state index contributed by atoms with van der Waals surface area (Å²) in [6.45, 7) is 4.16. The van der Waals surface area contributed by atoms with Gasteiger partial charge in [-0.3, -0.25) is 9.36 Å². The van der Waals surface area contributed by atoms with Crippen molar-refractivity contribution in [2.75, 3.05) is 18.1 Å². The van der Waals surface area contributed by atoms with Gasteiger partial charge in [-0.1, -0.05) is 48.2 Å². The van der Waals surface area contributed by atoms with E-state index in [1.165, 1.54) is 17.3 Å². The van der Waals surface area contributed by atoms with Crippen molar-refractivity contribution in [2.24, 2.45) is 0 Å². The molecule has 2 aliphatic rings. The Labute approximate surface area is 202 Å². The van der Waals surface area contributed by atoms with Crippen molar-refractivity contribution in [3.05, 3.63) is 60.3 Å². The van der Waals surface area contributed by atoms with Crippen LogP contribution in [-0.2, 0) is 22.5 Å². The summed E-state index contributed by atoms with van der Waals surface area (Å²) < 4.78 is 8.08. The van der Waals surface area contributed by atoms with Crippen LogP contribution in [0, 0.1) is 0 Å². The van der Waals surface area contributed by atoms with E-state index in [0.717, 1.165) is 65.5 Å². The standard InChI is InChI=1S/C26H27N5O2S/c1-17(25(32)30-13-12-18-7-2-5-11-23(18)30)34-26-29-28-24(31(26)16-19-8-6-14-33-19)21-15-27-22-10-4-3-9-20(21)22/h2-5,7,9-11,15,17,19,27H,6,8,12-14,16H2,1H3. The van der Waals surface area contributed by atoms with E-state index in [1.54, 1.807) is 0 Å². The molecule has 2 aromatic heterocycles. The first-order valence-corrected chi connectivity index (χ1v) is 12.7. The maximum Gasteiger partial charge on any atom is 0.240 e. The van der Waals surface area contributed by atoms with Gasteiger partial charge in [0.05, 0.1) is 17.9 Å². The molecule has 4 aromatic rings. The Hall–Kier alpha value is -3.10. The summed E-state index contributed by atoms with van der Waals surface area (Å²) >= 11 is 1.48. The van der Waals surface area contributed by atoms with Crippen LogP contribution in [0.3, 0.4) is 0 Å². The Morgan fingerprint density at radius 1 is 1.21 bits per heavy atom. The Kier molecular flexibility index (Phi) is 5.63. The number of fused-ring (bicyclic) bond motifs is 2. The lowest BCUT2D eigenvalue weighted by Gasteiger charge is -2.21. The number of amides is 1. The van der Waals surface area contributed by atoms with Gasteiger partial charge in [0.15, 0.2) is 11.0 Å². The number of aromatic amines is 1. The number of thioether (sulfide) groups is 1. The van der Waals surface area contributed by atoms with Crippen molar-refractivity contribution in [2.45, 2.75) is 49.2 Å². The van der Waals surface area contributed by atoms with Gasteiger partial charge >= 0.3 is 0 Å². The third-order valence-electron chi connectivity index (χ3n) is 6.74. The van der Waals surface area contributed by atoms with Crippen molar-refractivity contribution >= 4 is 34.3 Å². The number of benzene rings is 2. The highest BCUT2D eigenvalue weighted by Gasteiger charge is 2.30. The molecule has 1 fully saturated rings. The van der Waals surface area contributed by atoms with Gasteiger partial charge in [0.2, 0.25) is 5.91 Å². The molecule has 0 radical (unpaired) electrons. The number of hydrogen-bond acceptors (Lipinski definition) is 5. The minimum absolute atomic E-state index is 0.107. The lowest BCUT2D eigenvalue weighted by Crippen LogP contribution is -2.35. The normalized spacial score (nSPS) is 18.5. The van der Waals surface area contributed by atoms with Crippen LogP contribution in [0.15, 0.2) is 59.9 Å². The van der Waals surface area contributed by atoms with Gasteiger partial charge in [0, 0.05) is 41.5 Å². The van der Waals surface area contributed by atoms with Gasteiger partial charge in [-0.15, -0.1) is 10.2 Å². The number of hydrogen-bond donors (Lipinski definition) is 1. The van der Waals surface area contributed by atoms with Crippen molar-refractivity contribution in [1.82, 2.24) is 19.7 Å². The van der Waals surface area contributed by atoms with Gasteiger partial charge in [-0.25, -0.2) is 0 Å². The van der Waals surface area contributed by atoms with Crippen LogP contribution in [-0.4, -0.2) is 50.2 Å². The Bertz CT molecular complexity index is 1340. The van der Waals surface area contributed by atoms with Crippen molar-refractivity contribution in [3.63, 3.8) is 0 Å².